The van der Waals surface area contributed by atoms with Gasteiger partial charge in [-0.3, -0.25) is 19.4 Å². The molecule has 8 nitrogen and oxygen atoms in total. The molecule has 2 aromatic carbocycles. The maximum atomic E-state index is 13.3. The Bertz CT molecular complexity index is 933. The van der Waals surface area contributed by atoms with E-state index < -0.39 is 11.9 Å². The van der Waals surface area contributed by atoms with E-state index in [1.165, 1.54) is 5.56 Å². The van der Waals surface area contributed by atoms with Crippen LogP contribution in [0.5, 0.6) is 5.75 Å². The second-order valence-electron chi connectivity index (χ2n) is 8.47. The zero-order valence-corrected chi connectivity index (χ0v) is 18.9. The molecule has 33 heavy (non-hydrogen) atoms. The van der Waals surface area contributed by atoms with Gasteiger partial charge in [0.15, 0.2) is 0 Å². The fourth-order valence-electron chi connectivity index (χ4n) is 4.31. The summed E-state index contributed by atoms with van der Waals surface area (Å²) < 4.78 is 11.3. The molecule has 0 spiro atoms. The molecule has 2 amide bonds. The van der Waals surface area contributed by atoms with Crippen molar-refractivity contribution in [2.75, 3.05) is 59.1 Å². The molecule has 0 unspecified atom stereocenters. The third-order valence-electron chi connectivity index (χ3n) is 6.16. The molecule has 2 N–H and O–H groups in total. The number of morpholine rings is 1. The minimum Gasteiger partial charge on any atom is -0.492 e. The van der Waals surface area contributed by atoms with Gasteiger partial charge in [-0.1, -0.05) is 36.4 Å². The molecular formula is C25H32N4O4. The van der Waals surface area contributed by atoms with Crippen LogP contribution >= 0.6 is 0 Å². The number of benzene rings is 2. The van der Waals surface area contributed by atoms with E-state index in [0.29, 0.717) is 37.6 Å². The van der Waals surface area contributed by atoms with Crippen molar-refractivity contribution >= 4 is 11.8 Å². The Balaban J connectivity index is 1.36. The minimum absolute atomic E-state index is 0.197. The fraction of sp³-hybridized carbons (Fsp3) is 0.440. The third-order valence-corrected chi connectivity index (χ3v) is 6.16. The molecule has 0 radical (unpaired) electrons. The SMILES string of the molecule is NC(=O)[C@H]1CN(Cc2ccccc2)CCN1C(=O)c1cccc(OCCN2CCOCC2)c1. The first-order valence-electron chi connectivity index (χ1n) is 11.5. The maximum Gasteiger partial charge on any atom is 0.254 e. The first-order chi connectivity index (χ1) is 16.1. The van der Waals surface area contributed by atoms with Gasteiger partial charge >= 0.3 is 0 Å². The summed E-state index contributed by atoms with van der Waals surface area (Å²) in [5, 5.41) is 0. The molecule has 2 fully saturated rings. The smallest absolute Gasteiger partial charge is 0.254 e. The maximum absolute atomic E-state index is 13.3. The summed E-state index contributed by atoms with van der Waals surface area (Å²) in [6.07, 6.45) is 0. The van der Waals surface area contributed by atoms with Crippen LogP contribution < -0.4 is 10.5 Å². The molecule has 0 saturated carbocycles. The Morgan fingerprint density at radius 1 is 0.970 bits per heavy atom. The first kappa shape index (κ1) is 23.2. The number of amides is 2. The Hall–Kier alpha value is -2.94. The molecule has 176 valence electrons. The summed E-state index contributed by atoms with van der Waals surface area (Å²) in [6.45, 7) is 6.95. The molecule has 1 atom stereocenters. The van der Waals surface area contributed by atoms with Gasteiger partial charge in [-0.2, -0.15) is 0 Å². The molecule has 2 aliphatic rings. The van der Waals surface area contributed by atoms with E-state index in [-0.39, 0.29) is 5.91 Å². The first-order valence-corrected chi connectivity index (χ1v) is 11.5. The molecule has 2 aromatic rings. The van der Waals surface area contributed by atoms with Gasteiger partial charge in [-0.05, 0) is 23.8 Å². The van der Waals surface area contributed by atoms with Crippen molar-refractivity contribution in [2.24, 2.45) is 5.73 Å². The number of nitrogens with zero attached hydrogens (tertiary/aromatic N) is 3. The number of carbonyl (C=O) groups is 2. The number of primary amides is 1. The van der Waals surface area contributed by atoms with Crippen LogP contribution in [-0.4, -0.2) is 91.6 Å². The molecule has 0 aliphatic carbocycles. The van der Waals surface area contributed by atoms with Crippen LogP contribution in [0.2, 0.25) is 0 Å². The molecule has 2 heterocycles. The zero-order chi connectivity index (χ0) is 23.0. The van der Waals surface area contributed by atoms with E-state index in [1.54, 1.807) is 17.0 Å². The number of hydrogen-bond acceptors (Lipinski definition) is 6. The molecule has 8 heteroatoms. The zero-order valence-electron chi connectivity index (χ0n) is 18.9. The van der Waals surface area contributed by atoms with Crippen molar-refractivity contribution in [3.05, 3.63) is 65.7 Å². The normalized spacial score (nSPS) is 19.9. The van der Waals surface area contributed by atoms with Crippen LogP contribution in [0.25, 0.3) is 0 Å². The van der Waals surface area contributed by atoms with Crippen LogP contribution in [0, 0.1) is 0 Å². The quantitative estimate of drug-likeness (QED) is 0.648. The topological polar surface area (TPSA) is 88.3 Å². The highest BCUT2D eigenvalue weighted by atomic mass is 16.5. The van der Waals surface area contributed by atoms with Crippen molar-refractivity contribution in [2.45, 2.75) is 12.6 Å². The molecular weight excluding hydrogens is 420 g/mol. The average molecular weight is 453 g/mol. The van der Waals surface area contributed by atoms with Gasteiger partial charge in [0.05, 0.1) is 13.2 Å². The predicted molar refractivity (Wildman–Crippen MR) is 125 cm³/mol. The Kier molecular flexibility index (Phi) is 7.93. The lowest BCUT2D eigenvalue weighted by Gasteiger charge is -2.40. The van der Waals surface area contributed by atoms with Crippen molar-refractivity contribution < 1.29 is 19.1 Å². The van der Waals surface area contributed by atoms with Gasteiger partial charge in [0.1, 0.15) is 18.4 Å². The summed E-state index contributed by atoms with van der Waals surface area (Å²) in [7, 11) is 0. The Morgan fingerprint density at radius 3 is 2.52 bits per heavy atom. The second-order valence-corrected chi connectivity index (χ2v) is 8.47. The Morgan fingerprint density at radius 2 is 1.76 bits per heavy atom. The fourth-order valence-corrected chi connectivity index (χ4v) is 4.31. The van der Waals surface area contributed by atoms with Crippen molar-refractivity contribution in [3.63, 3.8) is 0 Å². The Labute approximate surface area is 194 Å². The van der Waals surface area contributed by atoms with Crippen LogP contribution in [0.1, 0.15) is 15.9 Å². The van der Waals surface area contributed by atoms with Gasteiger partial charge in [-0.15, -0.1) is 0 Å². The number of carbonyl (C=O) groups excluding carboxylic acids is 2. The van der Waals surface area contributed by atoms with Crippen LogP contribution in [-0.2, 0) is 16.1 Å². The molecule has 0 bridgehead atoms. The van der Waals surface area contributed by atoms with Crippen LogP contribution in [0.4, 0.5) is 0 Å². The van der Waals surface area contributed by atoms with E-state index in [0.717, 1.165) is 39.4 Å². The summed E-state index contributed by atoms with van der Waals surface area (Å²) >= 11 is 0. The van der Waals surface area contributed by atoms with Gasteiger partial charge in [0, 0.05) is 51.4 Å². The van der Waals surface area contributed by atoms with E-state index >= 15 is 0 Å². The van der Waals surface area contributed by atoms with E-state index in [2.05, 4.69) is 21.9 Å². The van der Waals surface area contributed by atoms with E-state index in [1.807, 2.05) is 30.3 Å². The molecule has 2 aliphatic heterocycles. The van der Waals surface area contributed by atoms with Gasteiger partial charge in [0.25, 0.3) is 5.91 Å². The monoisotopic (exact) mass is 452 g/mol. The number of piperazine rings is 1. The molecule has 0 aromatic heterocycles. The van der Waals surface area contributed by atoms with Gasteiger partial charge < -0.3 is 20.1 Å². The lowest BCUT2D eigenvalue weighted by molar-refractivity contribution is -0.124. The van der Waals surface area contributed by atoms with Crippen LogP contribution in [0.3, 0.4) is 0 Å². The number of nitrogens with two attached hydrogens (primary N) is 1. The van der Waals surface area contributed by atoms with Crippen molar-refractivity contribution in [1.29, 1.82) is 0 Å². The summed E-state index contributed by atoms with van der Waals surface area (Å²) in [5.74, 6) is -0.0386. The van der Waals surface area contributed by atoms with E-state index in [9.17, 15) is 9.59 Å². The second kappa shape index (κ2) is 11.3. The molecule has 2 saturated heterocycles. The summed E-state index contributed by atoms with van der Waals surface area (Å²) in [4.78, 5) is 31.6. The largest absolute Gasteiger partial charge is 0.492 e. The van der Waals surface area contributed by atoms with E-state index in [4.69, 9.17) is 15.2 Å². The number of ether oxygens (including phenoxy) is 2. The molecule has 4 rings (SSSR count). The van der Waals surface area contributed by atoms with Crippen molar-refractivity contribution in [1.82, 2.24) is 14.7 Å². The summed E-state index contributed by atoms with van der Waals surface area (Å²) in [6, 6.07) is 16.6. The summed E-state index contributed by atoms with van der Waals surface area (Å²) in [5.41, 5.74) is 7.37. The average Bonchev–Trinajstić information content (AvgIpc) is 2.85. The lowest BCUT2D eigenvalue weighted by Crippen LogP contribution is -2.59. The van der Waals surface area contributed by atoms with Crippen LogP contribution in [0.15, 0.2) is 54.6 Å². The third kappa shape index (κ3) is 6.31. The van der Waals surface area contributed by atoms with Gasteiger partial charge in [-0.25, -0.2) is 0 Å². The highest BCUT2D eigenvalue weighted by Crippen LogP contribution is 2.20. The highest BCUT2D eigenvalue weighted by molar-refractivity contribution is 5.97. The van der Waals surface area contributed by atoms with Crippen molar-refractivity contribution in [3.8, 4) is 5.75 Å². The standard InChI is InChI=1S/C25H32N4O4/c26-24(30)23-19-28(18-20-5-2-1-3-6-20)9-10-29(23)25(31)21-7-4-8-22(17-21)33-16-13-27-11-14-32-15-12-27/h1-8,17,23H,9-16,18-19H2,(H2,26,30)/t23-/m1/s1. The minimum atomic E-state index is -0.666. The predicted octanol–water partition coefficient (Wildman–Crippen LogP) is 1.21. The number of hydrogen-bond donors (Lipinski definition) is 1. The lowest BCUT2D eigenvalue weighted by atomic mass is 10.1. The number of rotatable bonds is 8. The highest BCUT2D eigenvalue weighted by Gasteiger charge is 2.34. The van der Waals surface area contributed by atoms with Gasteiger partial charge in [0.2, 0.25) is 5.91 Å².